The molecule has 6 nitrogen and oxygen atoms in total. The molecule has 2 rings (SSSR count). The molecule has 0 aliphatic carbocycles. The second-order valence-corrected chi connectivity index (χ2v) is 2.58. The SMILES string of the molecule is [N-]=C=O.[N-]=C=O.[N-]=C=O.c1ccccc1.c1ccccc1. The Morgan fingerprint density at radius 1 is 0.381 bits per heavy atom. The maximum atomic E-state index is 8.24. The van der Waals surface area contributed by atoms with Crippen LogP contribution in [0.1, 0.15) is 0 Å². The maximum absolute atomic E-state index is 8.24. The van der Waals surface area contributed by atoms with Crippen molar-refractivity contribution in [1.82, 2.24) is 0 Å². The van der Waals surface area contributed by atoms with Gasteiger partial charge in [-0.1, -0.05) is 72.8 Å². The molecule has 0 bridgehead atoms. The molecule has 0 N–H and O–H groups in total. The predicted octanol–water partition coefficient (Wildman–Crippen LogP) is 3.05. The van der Waals surface area contributed by atoms with E-state index >= 15 is 0 Å². The van der Waals surface area contributed by atoms with Crippen LogP contribution in [0.3, 0.4) is 0 Å². The van der Waals surface area contributed by atoms with E-state index in [0.717, 1.165) is 0 Å². The Hall–Kier alpha value is -3.42. The Bertz CT molecular complexity index is 385. The molecule has 0 unspecified atom stereocenters. The molecule has 0 aromatic heterocycles. The third kappa shape index (κ3) is 47.9. The normalized spacial score (nSPS) is 5.71. The van der Waals surface area contributed by atoms with Crippen LogP contribution in [-0.4, -0.2) is 18.2 Å². The second kappa shape index (κ2) is 30.0. The van der Waals surface area contributed by atoms with Crippen LogP contribution < -0.4 is 0 Å². The van der Waals surface area contributed by atoms with Crippen molar-refractivity contribution in [2.24, 2.45) is 0 Å². The van der Waals surface area contributed by atoms with Crippen LogP contribution in [0, 0.1) is 0 Å². The highest BCUT2D eigenvalue weighted by Gasteiger charge is 1.58. The Morgan fingerprint density at radius 2 is 0.429 bits per heavy atom. The van der Waals surface area contributed by atoms with E-state index in [9.17, 15) is 0 Å². The lowest BCUT2D eigenvalue weighted by molar-refractivity contribution is 0.568. The molecule has 0 atom stereocenters. The lowest BCUT2D eigenvalue weighted by atomic mass is 10.4. The van der Waals surface area contributed by atoms with E-state index in [-0.39, 0.29) is 0 Å². The number of carbonyl (C=O) groups excluding carboxylic acids is 3. The van der Waals surface area contributed by atoms with E-state index in [4.69, 9.17) is 30.6 Å². The number of nitrogens with zero attached hydrogens (tertiary/aromatic N) is 3. The van der Waals surface area contributed by atoms with Crippen LogP contribution in [0.4, 0.5) is 0 Å². The molecule has 0 saturated carbocycles. The first-order chi connectivity index (χ1) is 10.2. The van der Waals surface area contributed by atoms with Gasteiger partial charge in [0.25, 0.3) is 0 Å². The monoisotopic (exact) mass is 282 g/mol. The van der Waals surface area contributed by atoms with Crippen molar-refractivity contribution in [3.63, 3.8) is 0 Å². The number of rotatable bonds is 0. The summed E-state index contributed by atoms with van der Waals surface area (Å²) in [6.07, 6.45) is 1.50. The van der Waals surface area contributed by atoms with Gasteiger partial charge in [0, 0.05) is 0 Å². The molecule has 2 aromatic carbocycles. The summed E-state index contributed by atoms with van der Waals surface area (Å²) in [5.74, 6) is 0. The largest absolute Gasteiger partial charge is 0.724 e. The first-order valence-corrected chi connectivity index (χ1v) is 5.28. The van der Waals surface area contributed by atoms with E-state index in [2.05, 4.69) is 0 Å². The van der Waals surface area contributed by atoms with Gasteiger partial charge in [-0.15, -0.1) is 0 Å². The van der Waals surface area contributed by atoms with E-state index in [1.807, 2.05) is 72.8 Å². The van der Waals surface area contributed by atoms with Crippen molar-refractivity contribution in [3.05, 3.63) is 89.0 Å². The van der Waals surface area contributed by atoms with Gasteiger partial charge in [-0.05, 0) is 18.2 Å². The minimum Gasteiger partial charge on any atom is -0.724 e. The van der Waals surface area contributed by atoms with Gasteiger partial charge in [-0.25, -0.2) is 0 Å². The number of isocyanates is 3. The Kier molecular flexibility index (Phi) is 32.5. The quantitative estimate of drug-likeness (QED) is 0.545. The van der Waals surface area contributed by atoms with Crippen LogP contribution in [0.5, 0.6) is 0 Å². The van der Waals surface area contributed by atoms with Crippen LogP contribution in [0.25, 0.3) is 16.2 Å². The highest BCUT2D eigenvalue weighted by atomic mass is 16.1. The molecule has 0 amide bonds. The van der Waals surface area contributed by atoms with Crippen LogP contribution in [0.2, 0.25) is 0 Å². The average molecular weight is 282 g/mol. The molecule has 0 saturated heterocycles. The average Bonchev–Trinajstić information content (AvgIpc) is 2.54. The van der Waals surface area contributed by atoms with E-state index in [1.165, 1.54) is 0 Å². The molecule has 2 aromatic rings. The fraction of sp³-hybridized carbons (Fsp3) is 0. The van der Waals surface area contributed by atoms with Gasteiger partial charge >= 0.3 is 0 Å². The zero-order valence-electron chi connectivity index (χ0n) is 11.0. The summed E-state index contributed by atoms with van der Waals surface area (Å²) in [6, 6.07) is 24.0. The second-order valence-electron chi connectivity index (χ2n) is 2.58. The molecule has 0 spiro atoms. The number of benzene rings is 2. The van der Waals surface area contributed by atoms with Crippen molar-refractivity contribution in [2.75, 3.05) is 0 Å². The van der Waals surface area contributed by atoms with Crippen molar-refractivity contribution < 1.29 is 14.4 Å². The Morgan fingerprint density at radius 3 is 0.476 bits per heavy atom. The summed E-state index contributed by atoms with van der Waals surface area (Å²) in [7, 11) is 0. The number of hydrogen-bond donors (Lipinski definition) is 0. The zero-order chi connectivity index (χ0) is 16.6. The van der Waals surface area contributed by atoms with Gasteiger partial charge in [0.15, 0.2) is 0 Å². The van der Waals surface area contributed by atoms with Gasteiger partial charge < -0.3 is 16.2 Å². The molecule has 0 fully saturated rings. The summed E-state index contributed by atoms with van der Waals surface area (Å²) in [6.45, 7) is 0. The molecule has 6 heteroatoms. The van der Waals surface area contributed by atoms with Crippen LogP contribution >= 0.6 is 0 Å². The van der Waals surface area contributed by atoms with Gasteiger partial charge in [0.1, 0.15) is 0 Å². The molecular weight excluding hydrogens is 270 g/mol. The summed E-state index contributed by atoms with van der Waals surface area (Å²) in [5.41, 5.74) is 0. The van der Waals surface area contributed by atoms with Crippen molar-refractivity contribution in [3.8, 4) is 0 Å². The highest BCUT2D eigenvalue weighted by Crippen LogP contribution is 1.80. The predicted molar refractivity (Wildman–Crippen MR) is 80.0 cm³/mol. The molecule has 108 valence electrons. The minimum atomic E-state index is 0.500. The fourth-order valence-corrected chi connectivity index (χ4v) is 0.770. The van der Waals surface area contributed by atoms with Gasteiger partial charge in [0.05, 0.1) is 0 Å². The smallest absolute Gasteiger partial charge is 0.0159 e. The standard InChI is InChI=1S/2C6H6.3CNO/c2*1-2-4-6-5-3-1;3*2-1-3/h2*1-6H;;;/q;;3*-1. The van der Waals surface area contributed by atoms with Crippen molar-refractivity contribution in [2.45, 2.75) is 0 Å². The minimum absolute atomic E-state index is 0.500. The Labute approximate surface area is 122 Å². The molecule has 0 radical (unpaired) electrons. The zero-order valence-corrected chi connectivity index (χ0v) is 11.0. The van der Waals surface area contributed by atoms with Crippen molar-refractivity contribution >= 4 is 18.2 Å². The van der Waals surface area contributed by atoms with Crippen LogP contribution in [-0.2, 0) is 14.4 Å². The lowest BCUT2D eigenvalue weighted by Gasteiger charge is -1.69. The highest BCUT2D eigenvalue weighted by molar-refractivity contribution is 5.37. The van der Waals surface area contributed by atoms with Crippen LogP contribution in [0.15, 0.2) is 72.8 Å². The maximum Gasteiger partial charge on any atom is -0.0159 e. The van der Waals surface area contributed by atoms with Gasteiger partial charge in [-0.2, -0.15) is 0 Å². The van der Waals surface area contributed by atoms with Gasteiger partial charge in [0.2, 0.25) is 0 Å². The molecule has 0 aliphatic heterocycles. The lowest BCUT2D eigenvalue weighted by Crippen LogP contribution is -1.47. The van der Waals surface area contributed by atoms with E-state index in [0.29, 0.717) is 18.2 Å². The molecular formula is C15H12N3O3-3. The summed E-state index contributed by atoms with van der Waals surface area (Å²) < 4.78 is 0. The summed E-state index contributed by atoms with van der Waals surface area (Å²) >= 11 is 0. The first-order valence-electron chi connectivity index (χ1n) is 5.28. The van der Waals surface area contributed by atoms with E-state index < -0.39 is 0 Å². The van der Waals surface area contributed by atoms with E-state index in [1.54, 1.807) is 0 Å². The van der Waals surface area contributed by atoms with Crippen molar-refractivity contribution in [1.29, 1.82) is 0 Å². The Balaban J connectivity index is -0.000000204. The summed E-state index contributed by atoms with van der Waals surface area (Å²) in [5, 5.41) is 20.3. The first kappa shape index (κ1) is 22.7. The van der Waals surface area contributed by atoms with Gasteiger partial charge in [-0.3, -0.25) is 14.4 Å². The number of hydrogen-bond acceptors (Lipinski definition) is 3. The third-order valence-electron chi connectivity index (χ3n) is 1.33. The molecule has 0 heterocycles. The third-order valence-corrected chi connectivity index (χ3v) is 1.33. The molecule has 0 aliphatic rings. The fourth-order valence-electron chi connectivity index (χ4n) is 0.770. The topological polar surface area (TPSA) is 118 Å². The summed E-state index contributed by atoms with van der Waals surface area (Å²) in [4.78, 5) is 24.7. The molecule has 21 heavy (non-hydrogen) atoms.